The molecule has 0 amide bonds. The zero-order chi connectivity index (χ0) is 13.4. The molecule has 0 radical (unpaired) electrons. The smallest absolute Gasteiger partial charge is 0.122 e. The van der Waals surface area contributed by atoms with E-state index in [2.05, 4.69) is 12.0 Å². The van der Waals surface area contributed by atoms with Crippen LogP contribution in [0.25, 0.3) is 11.3 Å². The molecule has 1 aliphatic carbocycles. The average molecular weight is 257 g/mol. The van der Waals surface area contributed by atoms with Crippen molar-refractivity contribution in [1.82, 2.24) is 9.78 Å². The molecule has 1 fully saturated rings. The minimum Gasteiger partial charge on any atom is -0.508 e. The highest BCUT2D eigenvalue weighted by Crippen LogP contribution is 2.35. The third-order valence-electron chi connectivity index (χ3n) is 3.88. The third kappa shape index (κ3) is 2.43. The molecule has 3 N–H and O–H groups in total. The van der Waals surface area contributed by atoms with E-state index in [9.17, 15) is 5.11 Å². The molecule has 1 aromatic heterocycles. The summed E-state index contributed by atoms with van der Waals surface area (Å²) in [4.78, 5) is 0. The first kappa shape index (κ1) is 12.1. The molecular formula is C15H19N3O. The van der Waals surface area contributed by atoms with Crippen LogP contribution in [0, 0.1) is 11.8 Å². The Morgan fingerprint density at radius 3 is 2.63 bits per heavy atom. The second-order valence-electron chi connectivity index (χ2n) is 5.63. The highest BCUT2D eigenvalue weighted by molar-refractivity contribution is 5.63. The standard InChI is InChI=1S/C15H19N3O/c1-10-6-11(7-10)9-18-15(16)8-14(17-18)12-2-4-13(19)5-3-12/h2-5,8,10-11,19H,6-7,9,16H2,1H3. The quantitative estimate of drug-likeness (QED) is 0.888. The lowest BCUT2D eigenvalue weighted by Crippen LogP contribution is -2.26. The lowest BCUT2D eigenvalue weighted by Gasteiger charge is -2.32. The number of nitrogen functional groups attached to an aromatic ring is 1. The van der Waals surface area contributed by atoms with E-state index < -0.39 is 0 Å². The minimum atomic E-state index is 0.264. The predicted octanol–water partition coefficient (Wildman–Crippen LogP) is 2.88. The number of phenolic OH excluding ortho intramolecular Hbond substituents is 1. The largest absolute Gasteiger partial charge is 0.508 e. The Morgan fingerprint density at radius 1 is 1.32 bits per heavy atom. The van der Waals surface area contributed by atoms with Crippen molar-refractivity contribution < 1.29 is 5.11 Å². The molecule has 0 atom stereocenters. The number of benzene rings is 1. The SMILES string of the molecule is CC1CC(Cn2nc(-c3ccc(O)cc3)cc2N)C1. The van der Waals surface area contributed by atoms with E-state index in [0.717, 1.165) is 23.7 Å². The fourth-order valence-corrected chi connectivity index (χ4v) is 2.81. The van der Waals surface area contributed by atoms with Gasteiger partial charge in [0.2, 0.25) is 0 Å². The van der Waals surface area contributed by atoms with Gasteiger partial charge in [-0.1, -0.05) is 6.92 Å². The summed E-state index contributed by atoms with van der Waals surface area (Å²) in [6, 6.07) is 8.94. The van der Waals surface area contributed by atoms with Gasteiger partial charge in [-0.25, -0.2) is 4.68 Å². The van der Waals surface area contributed by atoms with E-state index in [1.54, 1.807) is 12.1 Å². The molecule has 1 aliphatic rings. The maximum atomic E-state index is 9.30. The fourth-order valence-electron chi connectivity index (χ4n) is 2.81. The Hall–Kier alpha value is -1.97. The summed E-state index contributed by atoms with van der Waals surface area (Å²) in [5.41, 5.74) is 7.86. The molecule has 1 saturated carbocycles. The van der Waals surface area contributed by atoms with Crippen molar-refractivity contribution in [3.63, 3.8) is 0 Å². The maximum absolute atomic E-state index is 9.30. The van der Waals surface area contributed by atoms with Gasteiger partial charge < -0.3 is 10.8 Å². The van der Waals surface area contributed by atoms with Crippen LogP contribution < -0.4 is 5.73 Å². The molecule has 4 heteroatoms. The van der Waals surface area contributed by atoms with Crippen molar-refractivity contribution in [2.75, 3.05) is 5.73 Å². The normalized spacial score (nSPS) is 22.2. The molecule has 4 nitrogen and oxygen atoms in total. The van der Waals surface area contributed by atoms with Crippen molar-refractivity contribution in [3.8, 4) is 17.0 Å². The van der Waals surface area contributed by atoms with E-state index in [0.29, 0.717) is 11.7 Å². The highest BCUT2D eigenvalue weighted by Gasteiger charge is 2.26. The van der Waals surface area contributed by atoms with Crippen molar-refractivity contribution in [2.45, 2.75) is 26.3 Å². The molecular weight excluding hydrogens is 238 g/mol. The highest BCUT2D eigenvalue weighted by atomic mass is 16.3. The number of nitrogens with two attached hydrogens (primary N) is 1. The first-order valence-corrected chi connectivity index (χ1v) is 6.74. The summed E-state index contributed by atoms with van der Waals surface area (Å²) in [6.45, 7) is 3.19. The van der Waals surface area contributed by atoms with E-state index in [4.69, 9.17) is 5.73 Å². The molecule has 19 heavy (non-hydrogen) atoms. The summed E-state index contributed by atoms with van der Waals surface area (Å²) >= 11 is 0. The number of hydrogen-bond acceptors (Lipinski definition) is 3. The minimum absolute atomic E-state index is 0.264. The lowest BCUT2D eigenvalue weighted by atomic mass is 9.76. The summed E-state index contributed by atoms with van der Waals surface area (Å²) < 4.78 is 1.90. The van der Waals surface area contributed by atoms with Crippen molar-refractivity contribution in [3.05, 3.63) is 30.3 Å². The first-order chi connectivity index (χ1) is 9.11. The second-order valence-corrected chi connectivity index (χ2v) is 5.63. The molecule has 100 valence electrons. The Labute approximate surface area is 112 Å². The van der Waals surface area contributed by atoms with Crippen LogP contribution >= 0.6 is 0 Å². The Bertz CT molecular complexity index is 568. The number of aromatic nitrogens is 2. The van der Waals surface area contributed by atoms with Crippen LogP contribution in [0.4, 0.5) is 5.82 Å². The zero-order valence-electron chi connectivity index (χ0n) is 11.1. The van der Waals surface area contributed by atoms with Gasteiger partial charge in [-0.05, 0) is 48.9 Å². The van der Waals surface area contributed by atoms with Gasteiger partial charge in [-0.3, -0.25) is 0 Å². The maximum Gasteiger partial charge on any atom is 0.122 e. The number of rotatable bonds is 3. The molecule has 0 aliphatic heterocycles. The van der Waals surface area contributed by atoms with E-state index in [1.165, 1.54) is 12.8 Å². The van der Waals surface area contributed by atoms with Gasteiger partial charge in [-0.15, -0.1) is 0 Å². The summed E-state index contributed by atoms with van der Waals surface area (Å²) in [5.74, 6) is 2.53. The second kappa shape index (κ2) is 4.61. The molecule has 0 saturated heterocycles. The van der Waals surface area contributed by atoms with Crippen molar-refractivity contribution >= 4 is 5.82 Å². The number of nitrogens with zero attached hydrogens (tertiary/aromatic N) is 2. The summed E-state index contributed by atoms with van der Waals surface area (Å²) in [7, 11) is 0. The van der Waals surface area contributed by atoms with Crippen LogP contribution in [0.1, 0.15) is 19.8 Å². The first-order valence-electron chi connectivity index (χ1n) is 6.74. The monoisotopic (exact) mass is 257 g/mol. The van der Waals surface area contributed by atoms with Gasteiger partial charge in [0.15, 0.2) is 0 Å². The Morgan fingerprint density at radius 2 is 2.00 bits per heavy atom. The van der Waals surface area contributed by atoms with Crippen LogP contribution in [-0.2, 0) is 6.54 Å². The number of phenols is 1. The Balaban J connectivity index is 1.78. The van der Waals surface area contributed by atoms with Gasteiger partial charge in [0.25, 0.3) is 0 Å². The average Bonchev–Trinajstić information content (AvgIpc) is 2.70. The third-order valence-corrected chi connectivity index (χ3v) is 3.88. The molecule has 3 rings (SSSR count). The van der Waals surface area contributed by atoms with E-state index in [1.807, 2.05) is 22.9 Å². The molecule has 0 spiro atoms. The van der Waals surface area contributed by atoms with Gasteiger partial charge >= 0.3 is 0 Å². The van der Waals surface area contributed by atoms with Crippen molar-refractivity contribution in [1.29, 1.82) is 0 Å². The predicted molar refractivity (Wildman–Crippen MR) is 75.6 cm³/mol. The molecule has 2 aromatic rings. The zero-order valence-corrected chi connectivity index (χ0v) is 11.1. The van der Waals surface area contributed by atoms with Crippen LogP contribution in [0.5, 0.6) is 5.75 Å². The summed E-state index contributed by atoms with van der Waals surface area (Å²) in [6.07, 6.45) is 2.54. The van der Waals surface area contributed by atoms with E-state index in [-0.39, 0.29) is 5.75 Å². The fraction of sp³-hybridized carbons (Fsp3) is 0.400. The molecule has 1 heterocycles. The Kier molecular flexibility index (Phi) is 2.93. The van der Waals surface area contributed by atoms with Gasteiger partial charge in [0.1, 0.15) is 11.6 Å². The van der Waals surface area contributed by atoms with Crippen LogP contribution in [0.3, 0.4) is 0 Å². The molecule has 1 aromatic carbocycles. The van der Waals surface area contributed by atoms with Gasteiger partial charge in [-0.2, -0.15) is 5.10 Å². The van der Waals surface area contributed by atoms with Crippen LogP contribution in [-0.4, -0.2) is 14.9 Å². The number of anilines is 1. The number of aromatic hydroxyl groups is 1. The summed E-state index contributed by atoms with van der Waals surface area (Å²) in [5, 5.41) is 13.9. The lowest BCUT2D eigenvalue weighted by molar-refractivity contribution is 0.183. The topological polar surface area (TPSA) is 64.1 Å². The van der Waals surface area contributed by atoms with Crippen LogP contribution in [0.15, 0.2) is 30.3 Å². The molecule has 0 bridgehead atoms. The van der Waals surface area contributed by atoms with Gasteiger partial charge in [0.05, 0.1) is 5.69 Å². The van der Waals surface area contributed by atoms with E-state index >= 15 is 0 Å². The molecule has 0 unspecified atom stereocenters. The van der Waals surface area contributed by atoms with Crippen molar-refractivity contribution in [2.24, 2.45) is 11.8 Å². The van der Waals surface area contributed by atoms with Gasteiger partial charge in [0, 0.05) is 18.2 Å². The number of hydrogen-bond donors (Lipinski definition) is 2. The van der Waals surface area contributed by atoms with Crippen LogP contribution in [0.2, 0.25) is 0 Å².